The molecule has 1 aliphatic heterocycles. The number of ether oxygens (including phenoxy) is 2. The summed E-state index contributed by atoms with van der Waals surface area (Å²) in [5.41, 5.74) is -7.44. The number of rotatable bonds is 10. The Morgan fingerprint density at radius 3 is 2.31 bits per heavy atom. The molecule has 1 unspecified atom stereocenters. The third kappa shape index (κ3) is 6.13. The Bertz CT molecular complexity index is 1580. The van der Waals surface area contributed by atoms with Gasteiger partial charge in [-0.1, -0.05) is 19.4 Å². The van der Waals surface area contributed by atoms with Crippen molar-refractivity contribution >= 4 is 11.9 Å². The number of hydrogen-bond acceptors (Lipinski definition) is 7. The number of nitrogens with zero attached hydrogens (tertiary/aromatic N) is 3. The fraction of sp³-hybridized carbons (Fsp3) is 0.400. The number of urea groups is 1. The first-order valence-electron chi connectivity index (χ1n) is 14.0. The molecule has 3 amide bonds. The average molecular weight is 639 g/mol. The molecule has 2 fully saturated rings. The first-order chi connectivity index (χ1) is 21.1. The van der Waals surface area contributed by atoms with Gasteiger partial charge in [0, 0.05) is 17.8 Å². The van der Waals surface area contributed by atoms with Crippen LogP contribution in [0, 0.1) is 0 Å². The molecule has 15 heteroatoms. The van der Waals surface area contributed by atoms with Crippen molar-refractivity contribution in [1.29, 1.82) is 0 Å². The number of alkyl halides is 6. The molecule has 1 atom stereocenters. The van der Waals surface area contributed by atoms with E-state index < -0.39 is 41.0 Å². The van der Waals surface area contributed by atoms with Crippen LogP contribution in [-0.2, 0) is 28.9 Å². The van der Waals surface area contributed by atoms with E-state index in [4.69, 9.17) is 9.47 Å². The van der Waals surface area contributed by atoms with Gasteiger partial charge in [0.1, 0.15) is 17.2 Å². The summed E-state index contributed by atoms with van der Waals surface area (Å²) in [6.07, 6.45) is -6.81. The van der Waals surface area contributed by atoms with Crippen molar-refractivity contribution in [3.8, 4) is 17.2 Å². The second-order valence-electron chi connectivity index (χ2n) is 11.0. The molecule has 9 nitrogen and oxygen atoms in total. The Hall–Kier alpha value is -4.40. The van der Waals surface area contributed by atoms with Crippen molar-refractivity contribution in [2.75, 3.05) is 0 Å². The van der Waals surface area contributed by atoms with E-state index >= 15 is 0 Å². The number of benzene rings is 1. The van der Waals surface area contributed by atoms with E-state index in [0.717, 1.165) is 23.8 Å². The first kappa shape index (κ1) is 32.0. The Morgan fingerprint density at radius 1 is 1.00 bits per heavy atom. The SMILES string of the molecule is CCCc1cc(C(O)(C(F)(F)F)C(F)(F)F)ccc1Oc1ccnc(CN2C(=O)NC(C)(c3ccc(OC4CC4)cn3)C2=O)c1. The number of pyridine rings is 2. The normalized spacial score (nSPS) is 19.1. The fourth-order valence-electron chi connectivity index (χ4n) is 4.89. The summed E-state index contributed by atoms with van der Waals surface area (Å²) in [6.45, 7) is 2.91. The highest BCUT2D eigenvalue weighted by Crippen LogP contribution is 2.50. The Kier molecular flexibility index (Phi) is 8.19. The topological polar surface area (TPSA) is 114 Å². The number of carbonyl (C=O) groups excluding carboxylic acids is 2. The van der Waals surface area contributed by atoms with E-state index in [-0.39, 0.29) is 41.8 Å². The minimum Gasteiger partial charge on any atom is -0.489 e. The van der Waals surface area contributed by atoms with Crippen molar-refractivity contribution in [2.24, 2.45) is 0 Å². The molecular formula is C30H28F6N4O5. The fourth-order valence-corrected chi connectivity index (χ4v) is 4.89. The van der Waals surface area contributed by atoms with Crippen molar-refractivity contribution < 1.29 is 50.5 Å². The van der Waals surface area contributed by atoms with E-state index in [0.29, 0.717) is 30.0 Å². The van der Waals surface area contributed by atoms with Crippen LogP contribution >= 0.6 is 0 Å². The number of nitrogens with one attached hydrogen (secondary N) is 1. The minimum absolute atomic E-state index is 0.00815. The predicted octanol–water partition coefficient (Wildman–Crippen LogP) is 6.04. The van der Waals surface area contributed by atoms with Crippen LogP contribution in [0.15, 0.2) is 54.9 Å². The van der Waals surface area contributed by atoms with Gasteiger partial charge in [-0.15, -0.1) is 0 Å². The molecule has 2 aromatic heterocycles. The number of hydrogen-bond donors (Lipinski definition) is 2. The van der Waals surface area contributed by atoms with E-state index in [9.17, 15) is 41.0 Å². The van der Waals surface area contributed by atoms with E-state index in [2.05, 4.69) is 15.3 Å². The maximum Gasteiger partial charge on any atom is 0.430 e. The van der Waals surface area contributed by atoms with Gasteiger partial charge >= 0.3 is 18.4 Å². The van der Waals surface area contributed by atoms with Crippen LogP contribution < -0.4 is 14.8 Å². The van der Waals surface area contributed by atoms with Crippen LogP contribution in [0.1, 0.15) is 55.6 Å². The van der Waals surface area contributed by atoms with Gasteiger partial charge in [-0.05, 0) is 62.1 Å². The number of aromatic nitrogens is 2. The maximum absolute atomic E-state index is 13.4. The summed E-state index contributed by atoms with van der Waals surface area (Å²) in [7, 11) is 0. The van der Waals surface area contributed by atoms with Gasteiger partial charge in [-0.2, -0.15) is 26.3 Å². The third-order valence-corrected chi connectivity index (χ3v) is 7.50. The zero-order valence-corrected chi connectivity index (χ0v) is 24.0. The molecule has 2 aliphatic rings. The molecule has 0 spiro atoms. The number of halogens is 6. The summed E-state index contributed by atoms with van der Waals surface area (Å²) in [5.74, 6) is 0.00109. The van der Waals surface area contributed by atoms with E-state index in [1.165, 1.54) is 31.5 Å². The lowest BCUT2D eigenvalue weighted by Crippen LogP contribution is -2.53. The van der Waals surface area contributed by atoms with Crippen molar-refractivity contribution in [3.63, 3.8) is 0 Å². The second kappa shape index (κ2) is 11.5. The minimum atomic E-state index is -6.03. The molecular weight excluding hydrogens is 610 g/mol. The zero-order chi connectivity index (χ0) is 32.8. The summed E-state index contributed by atoms with van der Waals surface area (Å²) in [5, 5.41) is 12.5. The van der Waals surface area contributed by atoms with Gasteiger partial charge in [0.15, 0.2) is 5.54 Å². The highest BCUT2D eigenvalue weighted by Gasteiger charge is 2.71. The molecule has 240 valence electrons. The largest absolute Gasteiger partial charge is 0.489 e. The molecule has 3 heterocycles. The lowest BCUT2D eigenvalue weighted by Gasteiger charge is -2.33. The van der Waals surface area contributed by atoms with Gasteiger partial charge < -0.3 is 19.9 Å². The van der Waals surface area contributed by atoms with Crippen LogP contribution in [0.25, 0.3) is 0 Å². The molecule has 0 radical (unpaired) electrons. The van der Waals surface area contributed by atoms with Gasteiger partial charge in [-0.25, -0.2) is 4.79 Å². The molecule has 45 heavy (non-hydrogen) atoms. The molecule has 1 aliphatic carbocycles. The van der Waals surface area contributed by atoms with E-state index in [1.54, 1.807) is 19.1 Å². The van der Waals surface area contributed by atoms with Crippen LogP contribution in [0.4, 0.5) is 31.1 Å². The predicted molar refractivity (Wildman–Crippen MR) is 145 cm³/mol. The first-order valence-corrected chi connectivity index (χ1v) is 14.0. The Balaban J connectivity index is 1.35. The smallest absolute Gasteiger partial charge is 0.430 e. The average Bonchev–Trinajstić information content (AvgIpc) is 3.76. The number of imide groups is 1. The monoisotopic (exact) mass is 638 g/mol. The number of aliphatic hydroxyl groups is 1. The number of amides is 3. The Morgan fingerprint density at radius 2 is 1.71 bits per heavy atom. The van der Waals surface area contributed by atoms with Gasteiger partial charge in [-0.3, -0.25) is 19.7 Å². The number of aryl methyl sites for hydroxylation is 1. The summed E-state index contributed by atoms with van der Waals surface area (Å²) in [4.78, 5) is 35.7. The quantitative estimate of drug-likeness (QED) is 0.206. The van der Waals surface area contributed by atoms with Crippen LogP contribution in [0.3, 0.4) is 0 Å². The van der Waals surface area contributed by atoms with Crippen molar-refractivity contribution in [2.45, 2.75) is 75.7 Å². The van der Waals surface area contributed by atoms with E-state index in [1.807, 2.05) is 0 Å². The molecule has 0 bridgehead atoms. The number of carbonyl (C=O) groups is 2. The van der Waals surface area contributed by atoms with Gasteiger partial charge in [0.25, 0.3) is 11.5 Å². The second-order valence-corrected chi connectivity index (χ2v) is 11.0. The lowest BCUT2D eigenvalue weighted by molar-refractivity contribution is -0.376. The van der Waals surface area contributed by atoms with Crippen molar-refractivity contribution in [3.05, 3.63) is 77.4 Å². The molecule has 1 saturated heterocycles. The lowest BCUT2D eigenvalue weighted by atomic mass is 9.90. The summed E-state index contributed by atoms with van der Waals surface area (Å²) in [6, 6.07) is 7.37. The zero-order valence-electron chi connectivity index (χ0n) is 24.0. The van der Waals surface area contributed by atoms with Gasteiger partial charge in [0.2, 0.25) is 0 Å². The summed E-state index contributed by atoms with van der Waals surface area (Å²) < 4.78 is 92.2. The molecule has 2 N–H and O–H groups in total. The summed E-state index contributed by atoms with van der Waals surface area (Å²) >= 11 is 0. The third-order valence-electron chi connectivity index (χ3n) is 7.50. The van der Waals surface area contributed by atoms with Crippen LogP contribution in [0.2, 0.25) is 0 Å². The molecule has 5 rings (SSSR count). The Labute approximate surface area is 253 Å². The highest BCUT2D eigenvalue weighted by atomic mass is 19.4. The van der Waals surface area contributed by atoms with Gasteiger partial charge in [0.05, 0.1) is 30.2 Å². The van der Waals surface area contributed by atoms with Crippen LogP contribution in [0.5, 0.6) is 17.2 Å². The van der Waals surface area contributed by atoms with Crippen molar-refractivity contribution in [1.82, 2.24) is 20.2 Å². The molecule has 3 aromatic rings. The molecule has 1 saturated carbocycles. The molecule has 1 aromatic carbocycles. The maximum atomic E-state index is 13.4. The van der Waals surface area contributed by atoms with Crippen LogP contribution in [-0.4, -0.2) is 50.4 Å². The standard InChI is InChI=1S/C30H28F6N4O5/c1-3-4-17-13-18(28(43,29(31,32)33)30(34,35)36)5-9-23(17)45-21-11-12-37-19(14-21)16-40-25(41)27(2,39-26(40)42)24-10-8-22(15-38-24)44-20-6-7-20/h5,8-15,20,43H,3-4,6-7,16H2,1-2H3,(H,39,42). The highest BCUT2D eigenvalue weighted by molar-refractivity contribution is 6.06.